The minimum atomic E-state index is -4.24. The van der Waals surface area contributed by atoms with Gasteiger partial charge in [0.1, 0.15) is 4.88 Å². The zero-order valence-corrected chi connectivity index (χ0v) is 13.1. The number of aromatic nitrogens is 1. The summed E-state index contributed by atoms with van der Waals surface area (Å²) in [5, 5.41) is 19.1. The van der Waals surface area contributed by atoms with Gasteiger partial charge >= 0.3 is 11.0 Å². The van der Waals surface area contributed by atoms with Crippen LogP contribution in [0.2, 0.25) is 0 Å². The van der Waals surface area contributed by atoms with Crippen LogP contribution in [0.3, 0.4) is 0 Å². The summed E-state index contributed by atoms with van der Waals surface area (Å²) < 4.78 is 25.2. The van der Waals surface area contributed by atoms with E-state index in [9.17, 15) is 23.3 Å². The number of carbonyl (C=O) groups is 1. The molecule has 0 unspecified atom stereocenters. The van der Waals surface area contributed by atoms with Crippen LogP contribution in [0.25, 0.3) is 0 Å². The highest BCUT2D eigenvalue weighted by Gasteiger charge is 2.32. The topological polar surface area (TPSA) is 127 Å². The number of halogens is 1. The first-order valence-corrected chi connectivity index (χ1v) is 8.20. The van der Waals surface area contributed by atoms with E-state index in [1.807, 2.05) is 0 Å². The molecule has 110 valence electrons. The van der Waals surface area contributed by atoms with E-state index in [0.29, 0.717) is 15.8 Å². The Morgan fingerprint density at radius 2 is 2.05 bits per heavy atom. The number of thiophene rings is 1. The van der Waals surface area contributed by atoms with Gasteiger partial charge in [0.05, 0.1) is 9.82 Å². The van der Waals surface area contributed by atoms with E-state index >= 15 is 0 Å². The zero-order valence-electron chi connectivity index (χ0n) is 9.89. The number of aromatic carboxylic acids is 1. The minimum absolute atomic E-state index is 0.269. The normalized spacial score (nSPS) is 11.3. The monoisotopic (exact) mass is 392 g/mol. The van der Waals surface area contributed by atoms with Crippen molar-refractivity contribution in [1.29, 1.82) is 0 Å². The van der Waals surface area contributed by atoms with Gasteiger partial charge in [0.15, 0.2) is 4.90 Å². The maximum atomic E-state index is 12.4. The van der Waals surface area contributed by atoms with E-state index in [2.05, 4.69) is 20.9 Å². The van der Waals surface area contributed by atoms with Crippen molar-refractivity contribution in [1.82, 2.24) is 4.98 Å². The number of carboxylic acid groups (broad SMARTS) is 1. The molecule has 0 aliphatic rings. The third-order valence-corrected chi connectivity index (χ3v) is 5.71. The van der Waals surface area contributed by atoms with Crippen molar-refractivity contribution >= 4 is 48.1 Å². The van der Waals surface area contributed by atoms with Crippen LogP contribution in [0.1, 0.15) is 9.67 Å². The molecule has 2 aromatic heterocycles. The lowest BCUT2D eigenvalue weighted by Crippen LogP contribution is -2.04. The molecule has 0 aliphatic heterocycles. The molecule has 8 nitrogen and oxygen atoms in total. The van der Waals surface area contributed by atoms with Crippen LogP contribution in [-0.2, 0) is 9.84 Å². The predicted molar refractivity (Wildman–Crippen MR) is 75.3 cm³/mol. The lowest BCUT2D eigenvalue weighted by molar-refractivity contribution is -0.383. The number of hydrogen-bond acceptors (Lipinski definition) is 7. The molecule has 0 atom stereocenters. The number of sulfone groups is 1. The quantitative estimate of drug-likeness (QED) is 0.624. The molecule has 11 heteroatoms. The Bertz CT molecular complexity index is 845. The highest BCUT2D eigenvalue weighted by Crippen LogP contribution is 2.37. The number of nitro groups is 1. The van der Waals surface area contributed by atoms with E-state index in [-0.39, 0.29) is 4.90 Å². The Kier molecular flexibility index (Phi) is 4.07. The molecule has 0 saturated carbocycles. The van der Waals surface area contributed by atoms with Crippen LogP contribution < -0.4 is 0 Å². The maximum Gasteiger partial charge on any atom is 0.346 e. The Balaban J connectivity index is 2.70. The van der Waals surface area contributed by atoms with Crippen molar-refractivity contribution in [3.8, 4) is 0 Å². The van der Waals surface area contributed by atoms with Crippen LogP contribution in [-0.4, -0.2) is 29.4 Å². The molecule has 21 heavy (non-hydrogen) atoms. The molecule has 2 heterocycles. The first-order valence-electron chi connectivity index (χ1n) is 5.10. The van der Waals surface area contributed by atoms with Crippen molar-refractivity contribution in [3.05, 3.63) is 44.0 Å². The molecule has 0 saturated heterocycles. The Morgan fingerprint density at radius 3 is 2.57 bits per heavy atom. The smallest absolute Gasteiger partial charge is 0.346 e. The van der Waals surface area contributed by atoms with Crippen molar-refractivity contribution in [3.63, 3.8) is 0 Å². The molecule has 1 N–H and O–H groups in total. The Labute approximate surface area is 130 Å². The largest absolute Gasteiger partial charge is 0.477 e. The van der Waals surface area contributed by atoms with E-state index in [0.717, 1.165) is 12.3 Å². The molecule has 2 aromatic rings. The lowest BCUT2D eigenvalue weighted by atomic mass is 10.5. The minimum Gasteiger partial charge on any atom is -0.477 e. The van der Waals surface area contributed by atoms with Gasteiger partial charge < -0.3 is 5.11 Å². The first-order chi connectivity index (χ1) is 9.73. The van der Waals surface area contributed by atoms with Gasteiger partial charge in [0.2, 0.25) is 9.84 Å². The second kappa shape index (κ2) is 5.50. The Hall–Kier alpha value is -1.85. The maximum absolute atomic E-state index is 12.4. The number of pyridine rings is 1. The van der Waals surface area contributed by atoms with E-state index < -0.39 is 35.5 Å². The highest BCUT2D eigenvalue weighted by atomic mass is 79.9. The summed E-state index contributed by atoms with van der Waals surface area (Å²) >= 11 is 3.34. The molecule has 0 radical (unpaired) electrons. The lowest BCUT2D eigenvalue weighted by Gasteiger charge is -2.01. The van der Waals surface area contributed by atoms with E-state index in [1.54, 1.807) is 0 Å². The van der Waals surface area contributed by atoms with Gasteiger partial charge in [-0.3, -0.25) is 15.1 Å². The van der Waals surface area contributed by atoms with Crippen LogP contribution in [0, 0.1) is 10.1 Å². The summed E-state index contributed by atoms with van der Waals surface area (Å²) in [4.78, 5) is 23.2. The van der Waals surface area contributed by atoms with Gasteiger partial charge in [0, 0.05) is 16.9 Å². The summed E-state index contributed by atoms with van der Waals surface area (Å²) in [6.07, 6.45) is 2.38. The first kappa shape index (κ1) is 15.5. The standard InChI is InChI=1S/C10H5BrN2O6S2/c11-5-1-6(4-12-3-5)21(18,19)8-2-7(10(14)15)20-9(8)13(16)17/h1-4H,(H,14,15). The van der Waals surface area contributed by atoms with E-state index in [4.69, 9.17) is 5.11 Å². The van der Waals surface area contributed by atoms with Crippen molar-refractivity contribution in [2.75, 3.05) is 0 Å². The molecule has 0 amide bonds. The van der Waals surface area contributed by atoms with Gasteiger partial charge in [-0.1, -0.05) is 11.3 Å². The predicted octanol–water partition coefficient (Wildman–Crippen LogP) is 2.34. The number of hydrogen-bond donors (Lipinski definition) is 1. The summed E-state index contributed by atoms with van der Waals surface area (Å²) in [6.45, 7) is 0. The van der Waals surface area contributed by atoms with Crippen molar-refractivity contribution < 1.29 is 23.2 Å². The van der Waals surface area contributed by atoms with Gasteiger partial charge in [-0.2, -0.15) is 0 Å². The molecule has 2 rings (SSSR count). The highest BCUT2D eigenvalue weighted by molar-refractivity contribution is 9.10. The number of carboxylic acids is 1. The zero-order chi connectivity index (χ0) is 15.8. The second-order valence-electron chi connectivity index (χ2n) is 3.68. The average Bonchev–Trinajstić information content (AvgIpc) is 2.84. The van der Waals surface area contributed by atoms with Gasteiger partial charge in [-0.25, -0.2) is 13.2 Å². The average molecular weight is 393 g/mol. The van der Waals surface area contributed by atoms with Crippen LogP contribution in [0.5, 0.6) is 0 Å². The molecule has 0 fully saturated rings. The fourth-order valence-corrected chi connectivity index (χ4v) is 4.52. The molecule has 0 aliphatic carbocycles. The van der Waals surface area contributed by atoms with Crippen molar-refractivity contribution in [2.24, 2.45) is 0 Å². The fraction of sp³-hybridized carbons (Fsp3) is 0. The van der Waals surface area contributed by atoms with Gasteiger partial charge in [0.25, 0.3) is 0 Å². The second-order valence-corrected chi connectivity index (χ2v) is 7.55. The van der Waals surface area contributed by atoms with Crippen molar-refractivity contribution in [2.45, 2.75) is 9.79 Å². The van der Waals surface area contributed by atoms with E-state index in [1.165, 1.54) is 12.3 Å². The van der Waals surface area contributed by atoms with Crippen LogP contribution in [0.15, 0.2) is 38.8 Å². The molecular weight excluding hydrogens is 388 g/mol. The van der Waals surface area contributed by atoms with Crippen LogP contribution >= 0.6 is 27.3 Å². The summed E-state index contributed by atoms with van der Waals surface area (Å²) in [6, 6.07) is 2.01. The summed E-state index contributed by atoms with van der Waals surface area (Å²) in [7, 11) is -4.24. The summed E-state index contributed by atoms with van der Waals surface area (Å²) in [5.41, 5.74) is 0. The molecule has 0 bridgehead atoms. The fourth-order valence-electron chi connectivity index (χ4n) is 1.46. The molecule has 0 spiro atoms. The SMILES string of the molecule is O=C(O)c1cc(S(=O)(=O)c2cncc(Br)c2)c([N+](=O)[O-])s1. The number of nitrogens with zero attached hydrogens (tertiary/aromatic N) is 2. The Morgan fingerprint density at radius 1 is 1.38 bits per heavy atom. The third kappa shape index (κ3) is 2.94. The van der Waals surface area contributed by atoms with Crippen LogP contribution in [0.4, 0.5) is 5.00 Å². The van der Waals surface area contributed by atoms with Gasteiger partial charge in [-0.15, -0.1) is 0 Å². The number of rotatable bonds is 4. The third-order valence-electron chi connectivity index (χ3n) is 2.34. The molecular formula is C10H5BrN2O6S2. The molecule has 0 aromatic carbocycles. The summed E-state index contributed by atoms with van der Waals surface area (Å²) in [5.74, 6) is -1.43. The van der Waals surface area contributed by atoms with Gasteiger partial charge in [-0.05, 0) is 28.1 Å².